The van der Waals surface area contributed by atoms with E-state index in [1.54, 1.807) is 20.8 Å². The third kappa shape index (κ3) is 7.12. The van der Waals surface area contributed by atoms with E-state index in [0.29, 0.717) is 0 Å². The summed E-state index contributed by atoms with van der Waals surface area (Å²) in [6.45, 7) is 5.97. The summed E-state index contributed by atoms with van der Waals surface area (Å²) in [6, 6.07) is 0. The molecule has 3 nitrogen and oxygen atoms in total. The van der Waals surface area contributed by atoms with Crippen LogP contribution in [0.3, 0.4) is 0 Å². The molecule has 0 fully saturated rings. The molecule has 3 heteroatoms. The molecule has 1 aliphatic heterocycles. The molecule has 1 heterocycles. The number of nitrogens with one attached hydrogen (secondary N) is 1. The zero-order chi connectivity index (χ0) is 10.3. The zero-order valence-corrected chi connectivity index (χ0v) is 8.37. The van der Waals surface area contributed by atoms with E-state index in [-0.39, 0.29) is 0 Å². The summed E-state index contributed by atoms with van der Waals surface area (Å²) in [5.41, 5.74) is -0.583. The summed E-state index contributed by atoms with van der Waals surface area (Å²) in [5.74, 6) is -0.757. The van der Waals surface area contributed by atoms with Crippen LogP contribution in [-0.4, -0.2) is 17.6 Å². The highest BCUT2D eigenvalue weighted by molar-refractivity contribution is 5.72. The van der Waals surface area contributed by atoms with E-state index in [4.69, 9.17) is 5.11 Å². The Balaban J connectivity index is 0.000000223. The van der Waals surface area contributed by atoms with Gasteiger partial charge in [-0.15, -0.1) is 0 Å². The van der Waals surface area contributed by atoms with Crippen molar-refractivity contribution < 1.29 is 9.90 Å². The second kappa shape index (κ2) is 5.41. The van der Waals surface area contributed by atoms with Crippen LogP contribution in [0.15, 0.2) is 24.4 Å². The monoisotopic (exact) mass is 183 g/mol. The lowest BCUT2D eigenvalue weighted by Crippen LogP contribution is -2.18. The van der Waals surface area contributed by atoms with Crippen molar-refractivity contribution >= 4 is 5.97 Å². The van der Waals surface area contributed by atoms with Crippen molar-refractivity contribution in [3.05, 3.63) is 24.4 Å². The molecular formula is C10H17NO2. The van der Waals surface area contributed by atoms with Gasteiger partial charge in [0.1, 0.15) is 0 Å². The third-order valence-electron chi connectivity index (χ3n) is 1.34. The normalized spacial score (nSPS) is 14.1. The number of aliphatic carboxylic acids is 1. The van der Waals surface area contributed by atoms with Gasteiger partial charge < -0.3 is 10.4 Å². The number of hydrogen-bond donors (Lipinski definition) is 2. The molecule has 0 spiro atoms. The van der Waals surface area contributed by atoms with Crippen LogP contribution in [0.4, 0.5) is 0 Å². The largest absolute Gasteiger partial charge is 0.481 e. The van der Waals surface area contributed by atoms with Crippen LogP contribution < -0.4 is 5.32 Å². The van der Waals surface area contributed by atoms with Gasteiger partial charge in [-0.25, -0.2) is 0 Å². The van der Waals surface area contributed by atoms with Crippen molar-refractivity contribution in [3.63, 3.8) is 0 Å². The maximum absolute atomic E-state index is 10.0. The van der Waals surface area contributed by atoms with E-state index in [2.05, 4.69) is 11.4 Å². The number of carbonyl (C=O) groups is 1. The van der Waals surface area contributed by atoms with E-state index >= 15 is 0 Å². The van der Waals surface area contributed by atoms with Crippen LogP contribution in [0.2, 0.25) is 0 Å². The average molecular weight is 183 g/mol. The van der Waals surface area contributed by atoms with Crippen molar-refractivity contribution in [1.82, 2.24) is 5.32 Å². The summed E-state index contributed by atoms with van der Waals surface area (Å²) in [5, 5.41) is 11.3. The SMILES string of the molecule is C1=CCNC=C1.CC(C)(C)C(=O)O. The number of dihydropyridines is 1. The van der Waals surface area contributed by atoms with Crippen LogP contribution in [-0.2, 0) is 4.79 Å². The molecule has 2 N–H and O–H groups in total. The molecule has 0 aromatic carbocycles. The molecule has 0 radical (unpaired) electrons. The van der Waals surface area contributed by atoms with Gasteiger partial charge in [0.2, 0.25) is 0 Å². The minimum atomic E-state index is -0.757. The summed E-state index contributed by atoms with van der Waals surface area (Å²) < 4.78 is 0. The molecule has 13 heavy (non-hydrogen) atoms. The van der Waals surface area contributed by atoms with Gasteiger partial charge in [-0.3, -0.25) is 4.79 Å². The summed E-state index contributed by atoms with van der Waals surface area (Å²) in [4.78, 5) is 10.0. The Bertz CT molecular complexity index is 199. The maximum Gasteiger partial charge on any atom is 0.308 e. The third-order valence-corrected chi connectivity index (χ3v) is 1.34. The van der Waals surface area contributed by atoms with Crippen molar-refractivity contribution in [1.29, 1.82) is 0 Å². The van der Waals surface area contributed by atoms with E-state index < -0.39 is 11.4 Å². The Morgan fingerprint density at radius 1 is 1.38 bits per heavy atom. The number of carboxylic acids is 1. The molecule has 0 aliphatic carbocycles. The van der Waals surface area contributed by atoms with Crippen LogP contribution in [0.5, 0.6) is 0 Å². The average Bonchev–Trinajstić information content (AvgIpc) is 2.07. The van der Waals surface area contributed by atoms with E-state index in [9.17, 15) is 4.79 Å². The Labute approximate surface area is 79.2 Å². The van der Waals surface area contributed by atoms with Crippen molar-refractivity contribution in [3.8, 4) is 0 Å². The molecule has 1 rings (SSSR count). The topological polar surface area (TPSA) is 49.3 Å². The predicted molar refractivity (Wildman–Crippen MR) is 53.4 cm³/mol. The van der Waals surface area contributed by atoms with Gasteiger partial charge in [0.15, 0.2) is 0 Å². The first-order chi connectivity index (χ1) is 5.94. The van der Waals surface area contributed by atoms with Gasteiger partial charge >= 0.3 is 5.97 Å². The molecule has 0 atom stereocenters. The highest BCUT2D eigenvalue weighted by atomic mass is 16.4. The molecule has 0 bridgehead atoms. The molecular weight excluding hydrogens is 166 g/mol. The minimum absolute atomic E-state index is 0.583. The molecule has 74 valence electrons. The zero-order valence-electron chi connectivity index (χ0n) is 8.37. The fourth-order valence-corrected chi connectivity index (χ4v) is 0.406. The highest BCUT2D eigenvalue weighted by Gasteiger charge is 2.18. The van der Waals surface area contributed by atoms with E-state index in [1.807, 2.05) is 18.4 Å². The smallest absolute Gasteiger partial charge is 0.308 e. The van der Waals surface area contributed by atoms with Crippen molar-refractivity contribution in [2.45, 2.75) is 20.8 Å². The lowest BCUT2D eigenvalue weighted by Gasteiger charge is -2.08. The van der Waals surface area contributed by atoms with Gasteiger partial charge in [0, 0.05) is 6.54 Å². The summed E-state index contributed by atoms with van der Waals surface area (Å²) >= 11 is 0. The van der Waals surface area contributed by atoms with Crippen LogP contribution in [0.25, 0.3) is 0 Å². The fraction of sp³-hybridized carbons (Fsp3) is 0.500. The van der Waals surface area contributed by atoms with Gasteiger partial charge in [0.05, 0.1) is 5.41 Å². The molecule has 0 aromatic heterocycles. The van der Waals surface area contributed by atoms with Crippen LogP contribution in [0, 0.1) is 5.41 Å². The van der Waals surface area contributed by atoms with Gasteiger partial charge in [-0.05, 0) is 33.0 Å². The second-order valence-corrected chi connectivity index (χ2v) is 3.75. The summed E-state index contributed by atoms with van der Waals surface area (Å²) in [6.07, 6.45) is 8.00. The first-order valence-corrected chi connectivity index (χ1v) is 4.23. The molecule has 1 aliphatic rings. The van der Waals surface area contributed by atoms with Gasteiger partial charge in [-0.1, -0.05) is 12.2 Å². The van der Waals surface area contributed by atoms with Crippen molar-refractivity contribution in [2.24, 2.45) is 5.41 Å². The highest BCUT2D eigenvalue weighted by Crippen LogP contribution is 2.11. The van der Waals surface area contributed by atoms with Crippen LogP contribution in [0.1, 0.15) is 20.8 Å². The Morgan fingerprint density at radius 3 is 2.00 bits per heavy atom. The molecule has 0 amide bonds. The lowest BCUT2D eigenvalue weighted by atomic mass is 9.98. The number of hydrogen-bond acceptors (Lipinski definition) is 2. The number of carboxylic acid groups (broad SMARTS) is 1. The Kier molecular flexibility index (Phi) is 4.89. The number of rotatable bonds is 0. The maximum atomic E-state index is 10.0. The first-order valence-electron chi connectivity index (χ1n) is 4.23. The predicted octanol–water partition coefficient (Wildman–Crippen LogP) is 1.78. The summed E-state index contributed by atoms with van der Waals surface area (Å²) in [7, 11) is 0. The second-order valence-electron chi connectivity index (χ2n) is 3.75. The van der Waals surface area contributed by atoms with E-state index in [1.165, 1.54) is 0 Å². The minimum Gasteiger partial charge on any atom is -0.481 e. The van der Waals surface area contributed by atoms with Crippen molar-refractivity contribution in [2.75, 3.05) is 6.54 Å². The molecule has 0 saturated carbocycles. The Hall–Kier alpha value is -1.25. The Morgan fingerprint density at radius 2 is 1.92 bits per heavy atom. The molecule has 0 unspecified atom stereocenters. The first kappa shape index (κ1) is 11.8. The van der Waals surface area contributed by atoms with Crippen LogP contribution >= 0.6 is 0 Å². The number of allylic oxidation sites excluding steroid dienone is 2. The standard InChI is InChI=1S/C5H7N.C5H10O2/c1-2-4-6-5-3-1;1-5(2,3)4(6)7/h1-4,6H,5H2;1-3H3,(H,6,7). The van der Waals surface area contributed by atoms with Gasteiger partial charge in [0.25, 0.3) is 0 Å². The quantitative estimate of drug-likeness (QED) is 0.601. The van der Waals surface area contributed by atoms with E-state index in [0.717, 1.165) is 6.54 Å². The fourth-order valence-electron chi connectivity index (χ4n) is 0.406. The molecule has 0 aromatic rings. The molecule has 0 saturated heterocycles. The van der Waals surface area contributed by atoms with Gasteiger partial charge in [-0.2, -0.15) is 0 Å². The lowest BCUT2D eigenvalue weighted by molar-refractivity contribution is -0.145.